The van der Waals surface area contributed by atoms with Gasteiger partial charge in [-0.25, -0.2) is 0 Å². The molecule has 2 atom stereocenters. The maximum Gasteiger partial charge on any atom is 0.0811 e. The van der Waals surface area contributed by atoms with Crippen LogP contribution in [0, 0.1) is 5.41 Å². The first kappa shape index (κ1) is 22.7. The van der Waals surface area contributed by atoms with Crippen LogP contribution in [0.5, 0.6) is 0 Å². The van der Waals surface area contributed by atoms with Crippen molar-refractivity contribution < 1.29 is 20.1 Å². The summed E-state index contributed by atoms with van der Waals surface area (Å²) in [7, 11) is 0. The zero-order valence-corrected chi connectivity index (χ0v) is 18.3. The van der Waals surface area contributed by atoms with Crippen LogP contribution in [0.2, 0.25) is 0 Å². The first-order valence-corrected chi connectivity index (χ1v) is 11.4. The average molecular weight is 405 g/mol. The number of allylic oxidation sites excluding steroid dienone is 3. The van der Waals surface area contributed by atoms with Crippen LogP contribution < -0.4 is 0 Å². The Morgan fingerprint density at radius 1 is 1.17 bits per heavy atom. The molecule has 4 heteroatoms. The van der Waals surface area contributed by atoms with Gasteiger partial charge in [-0.3, -0.25) is 0 Å². The highest BCUT2D eigenvalue weighted by atomic mass is 16.5. The van der Waals surface area contributed by atoms with Crippen molar-refractivity contribution in [1.82, 2.24) is 0 Å². The van der Waals surface area contributed by atoms with E-state index in [1.54, 1.807) is 0 Å². The molecule has 1 spiro atoms. The Kier molecular flexibility index (Phi) is 7.42. The highest BCUT2D eigenvalue weighted by Crippen LogP contribution is 2.49. The van der Waals surface area contributed by atoms with E-state index in [0.29, 0.717) is 37.4 Å². The summed E-state index contributed by atoms with van der Waals surface area (Å²) in [6.45, 7) is 8.33. The molecule has 0 aromatic heterocycles. The van der Waals surface area contributed by atoms with E-state index in [2.05, 4.69) is 18.7 Å². The van der Waals surface area contributed by atoms with Crippen molar-refractivity contribution in [3.8, 4) is 0 Å². The van der Waals surface area contributed by atoms with Gasteiger partial charge in [-0.2, -0.15) is 0 Å². The number of aliphatic hydroxyl groups excluding tert-OH is 2. The van der Waals surface area contributed by atoms with E-state index < -0.39 is 17.8 Å². The maximum absolute atomic E-state index is 10.0. The van der Waals surface area contributed by atoms with Crippen molar-refractivity contribution in [2.24, 2.45) is 5.41 Å². The molecule has 0 heterocycles. The van der Waals surface area contributed by atoms with E-state index in [0.717, 1.165) is 36.8 Å². The van der Waals surface area contributed by atoms with E-state index in [-0.39, 0.29) is 0 Å². The third kappa shape index (κ3) is 6.52. The largest absolute Gasteiger partial charge is 0.393 e. The smallest absolute Gasteiger partial charge is 0.0811 e. The monoisotopic (exact) mass is 404 g/mol. The summed E-state index contributed by atoms with van der Waals surface area (Å²) >= 11 is 0. The van der Waals surface area contributed by atoms with Crippen LogP contribution in [0.3, 0.4) is 0 Å². The lowest BCUT2D eigenvalue weighted by Crippen LogP contribution is -2.34. The second-order valence-electron chi connectivity index (χ2n) is 10.3. The molecule has 0 aliphatic heterocycles. The van der Waals surface area contributed by atoms with Gasteiger partial charge in [0.15, 0.2) is 0 Å². The fraction of sp³-hybridized carbons (Fsp3) is 0.760. The van der Waals surface area contributed by atoms with E-state index in [4.69, 9.17) is 4.74 Å². The van der Waals surface area contributed by atoms with Gasteiger partial charge in [0, 0.05) is 13.0 Å². The highest BCUT2D eigenvalue weighted by Gasteiger charge is 2.38. The lowest BCUT2D eigenvalue weighted by atomic mass is 9.63. The van der Waals surface area contributed by atoms with E-state index in [1.807, 2.05) is 13.8 Å². The van der Waals surface area contributed by atoms with Crippen LogP contribution in [0.4, 0.5) is 0 Å². The van der Waals surface area contributed by atoms with Crippen LogP contribution in [0.1, 0.15) is 84.5 Å². The molecule has 4 nitrogen and oxygen atoms in total. The summed E-state index contributed by atoms with van der Waals surface area (Å²) in [6, 6.07) is 0. The van der Waals surface area contributed by atoms with Gasteiger partial charge in [-0.05, 0) is 94.6 Å². The quantitative estimate of drug-likeness (QED) is 0.627. The minimum atomic E-state index is -0.650. The Bertz CT molecular complexity index is 632. The molecule has 0 unspecified atom stereocenters. The number of aliphatic hydroxyl groups is 3. The molecule has 0 bridgehead atoms. The van der Waals surface area contributed by atoms with E-state index in [9.17, 15) is 15.3 Å². The lowest BCUT2D eigenvalue weighted by Gasteiger charge is -2.43. The van der Waals surface area contributed by atoms with Crippen LogP contribution in [-0.2, 0) is 4.74 Å². The summed E-state index contributed by atoms with van der Waals surface area (Å²) in [5.41, 5.74) is 3.02. The fourth-order valence-corrected chi connectivity index (χ4v) is 5.24. The first-order chi connectivity index (χ1) is 13.7. The van der Waals surface area contributed by atoms with Crippen molar-refractivity contribution in [1.29, 1.82) is 0 Å². The van der Waals surface area contributed by atoms with E-state index in [1.165, 1.54) is 31.3 Å². The van der Waals surface area contributed by atoms with Crippen LogP contribution >= 0.6 is 0 Å². The molecule has 3 saturated carbocycles. The molecular formula is C25H40O4. The van der Waals surface area contributed by atoms with Gasteiger partial charge in [0.05, 0.1) is 23.9 Å². The molecule has 0 radical (unpaired) electrons. The number of rotatable bonds is 5. The molecular weight excluding hydrogens is 364 g/mol. The molecule has 3 aliphatic rings. The molecule has 3 aliphatic carbocycles. The Hall–Kier alpha value is -0.940. The van der Waals surface area contributed by atoms with Crippen LogP contribution in [0.25, 0.3) is 0 Å². The molecule has 3 fully saturated rings. The van der Waals surface area contributed by atoms with Gasteiger partial charge in [-0.15, -0.1) is 0 Å². The standard InChI is InChI=1S/C25H40O4/c1-18-20(15-21(26)16-23(18)27)7-6-19-5-4-10-25(17-19)11-8-22(9-12-25)29-14-13-24(2,3)28/h6-7,21-23,26-28H,1,4-5,8-17H2,2-3H3/b19-6-,20-7+/t21-,22?,23+,25?/m1/s1. The maximum atomic E-state index is 10.0. The summed E-state index contributed by atoms with van der Waals surface area (Å²) in [4.78, 5) is 0. The third-order valence-electron chi connectivity index (χ3n) is 7.15. The molecule has 0 saturated heterocycles. The van der Waals surface area contributed by atoms with Crippen molar-refractivity contribution in [2.75, 3.05) is 6.61 Å². The minimum absolute atomic E-state index is 0.341. The van der Waals surface area contributed by atoms with Gasteiger partial charge in [-0.1, -0.05) is 24.3 Å². The van der Waals surface area contributed by atoms with Crippen molar-refractivity contribution in [3.63, 3.8) is 0 Å². The van der Waals surface area contributed by atoms with Gasteiger partial charge < -0.3 is 20.1 Å². The van der Waals surface area contributed by atoms with Crippen LogP contribution in [0.15, 0.2) is 35.5 Å². The van der Waals surface area contributed by atoms with Crippen LogP contribution in [-0.4, -0.2) is 45.8 Å². The summed E-state index contributed by atoms with van der Waals surface area (Å²) < 4.78 is 6.04. The molecule has 0 aromatic carbocycles. The predicted molar refractivity (Wildman–Crippen MR) is 117 cm³/mol. The average Bonchev–Trinajstić information content (AvgIpc) is 2.64. The highest BCUT2D eigenvalue weighted by molar-refractivity contribution is 5.38. The topological polar surface area (TPSA) is 69.9 Å². The van der Waals surface area contributed by atoms with Gasteiger partial charge in [0.1, 0.15) is 0 Å². The molecule has 0 aromatic rings. The molecule has 0 amide bonds. The van der Waals surface area contributed by atoms with Gasteiger partial charge in [0.25, 0.3) is 0 Å². The molecule has 3 N–H and O–H groups in total. The van der Waals surface area contributed by atoms with E-state index >= 15 is 0 Å². The fourth-order valence-electron chi connectivity index (χ4n) is 5.24. The van der Waals surface area contributed by atoms with Crippen molar-refractivity contribution in [2.45, 2.75) is 108 Å². The Labute approximate surface area is 176 Å². The molecule has 29 heavy (non-hydrogen) atoms. The lowest BCUT2D eigenvalue weighted by molar-refractivity contribution is -0.0341. The van der Waals surface area contributed by atoms with Crippen molar-refractivity contribution >= 4 is 0 Å². The zero-order valence-electron chi connectivity index (χ0n) is 18.3. The summed E-state index contributed by atoms with van der Waals surface area (Å²) in [5, 5.41) is 29.8. The zero-order chi connectivity index (χ0) is 21.1. The predicted octanol–water partition coefficient (Wildman–Crippen LogP) is 4.59. The number of hydrogen-bond donors (Lipinski definition) is 3. The molecule has 3 rings (SSSR count). The minimum Gasteiger partial charge on any atom is -0.393 e. The SMILES string of the molecule is C=C1/C(=C/C=C2/CCCC3(CCC(OCCC(C)(C)O)CC3)C2)C[C@@H](O)C[C@@H]1O. The second-order valence-corrected chi connectivity index (χ2v) is 10.3. The van der Waals surface area contributed by atoms with Gasteiger partial charge in [0.2, 0.25) is 0 Å². The second kappa shape index (κ2) is 9.47. The van der Waals surface area contributed by atoms with Crippen molar-refractivity contribution in [3.05, 3.63) is 35.5 Å². The van der Waals surface area contributed by atoms with Gasteiger partial charge >= 0.3 is 0 Å². The normalized spacial score (nSPS) is 36.9. The third-order valence-corrected chi connectivity index (χ3v) is 7.15. The number of ether oxygens (including phenoxy) is 1. The summed E-state index contributed by atoms with van der Waals surface area (Å²) in [5.74, 6) is 0. The summed E-state index contributed by atoms with van der Waals surface area (Å²) in [6.07, 6.45) is 14.8. The number of hydrogen-bond acceptors (Lipinski definition) is 4. The Morgan fingerprint density at radius 3 is 2.59 bits per heavy atom. The molecule has 164 valence electrons. The first-order valence-electron chi connectivity index (χ1n) is 11.4. The Morgan fingerprint density at radius 2 is 1.90 bits per heavy atom. The Balaban J connectivity index is 1.53.